The second-order valence-corrected chi connectivity index (χ2v) is 8.37. The number of ether oxygens (including phenoxy) is 2. The van der Waals surface area contributed by atoms with Gasteiger partial charge in [0.2, 0.25) is 0 Å². The van der Waals surface area contributed by atoms with Crippen molar-refractivity contribution >= 4 is 17.6 Å². The van der Waals surface area contributed by atoms with Crippen LogP contribution in [0.4, 0.5) is 4.79 Å². The highest BCUT2D eigenvalue weighted by Crippen LogP contribution is 2.30. The number of carbonyl (C=O) groups excluding carboxylic acids is 2. The van der Waals surface area contributed by atoms with Gasteiger partial charge in [-0.15, -0.1) is 0 Å². The number of fused-ring (bicyclic) bond motifs is 1. The highest BCUT2D eigenvalue weighted by atomic mass is 16.6. The van der Waals surface area contributed by atoms with Crippen LogP contribution in [0.3, 0.4) is 0 Å². The minimum absolute atomic E-state index is 0.176. The molecule has 1 saturated heterocycles. The fourth-order valence-corrected chi connectivity index (χ4v) is 4.34. The molecule has 1 aliphatic heterocycles. The lowest BCUT2D eigenvalue weighted by atomic mass is 10.1. The summed E-state index contributed by atoms with van der Waals surface area (Å²) in [4.78, 5) is 34.0. The second kappa shape index (κ2) is 10.1. The van der Waals surface area contributed by atoms with Crippen molar-refractivity contribution in [1.82, 2.24) is 24.4 Å². The third-order valence-electron chi connectivity index (χ3n) is 6.19. The van der Waals surface area contributed by atoms with E-state index in [1.54, 1.807) is 34.4 Å². The average molecular weight is 486 g/mol. The Kier molecular flexibility index (Phi) is 6.53. The van der Waals surface area contributed by atoms with Gasteiger partial charge in [-0.3, -0.25) is 4.79 Å². The van der Waals surface area contributed by atoms with Gasteiger partial charge in [0.15, 0.2) is 5.65 Å². The highest BCUT2D eigenvalue weighted by Gasteiger charge is 2.28. The molecule has 9 heteroatoms. The number of benzene rings is 2. The lowest BCUT2D eigenvalue weighted by molar-refractivity contribution is 0.0563. The van der Waals surface area contributed by atoms with Crippen molar-refractivity contribution in [2.24, 2.45) is 0 Å². The molecule has 0 spiro atoms. The molecular formula is C27H27N5O4. The number of hydrogen-bond donors (Lipinski definition) is 0. The smallest absolute Gasteiger partial charge is 0.409 e. The molecule has 0 atom stereocenters. The molecule has 9 nitrogen and oxygen atoms in total. The summed E-state index contributed by atoms with van der Waals surface area (Å²) in [6.07, 6.45) is -0.353. The van der Waals surface area contributed by atoms with Crippen LogP contribution in [-0.4, -0.2) is 76.3 Å². The van der Waals surface area contributed by atoms with Crippen LogP contribution in [0.25, 0.3) is 28.2 Å². The maximum atomic E-state index is 13.8. The Morgan fingerprint density at radius 2 is 1.58 bits per heavy atom. The van der Waals surface area contributed by atoms with Gasteiger partial charge in [-0.1, -0.05) is 42.5 Å². The van der Waals surface area contributed by atoms with Gasteiger partial charge in [0.1, 0.15) is 11.4 Å². The minimum Gasteiger partial charge on any atom is -0.496 e. The van der Waals surface area contributed by atoms with Crippen molar-refractivity contribution in [3.63, 3.8) is 0 Å². The predicted molar refractivity (Wildman–Crippen MR) is 135 cm³/mol. The Morgan fingerprint density at radius 3 is 2.31 bits per heavy atom. The van der Waals surface area contributed by atoms with Crippen molar-refractivity contribution in [2.75, 3.05) is 39.9 Å². The van der Waals surface area contributed by atoms with Crippen LogP contribution >= 0.6 is 0 Å². The summed E-state index contributed by atoms with van der Waals surface area (Å²) in [7, 11) is 1.61. The number of para-hydroxylation sites is 1. The van der Waals surface area contributed by atoms with Gasteiger partial charge in [0, 0.05) is 43.4 Å². The molecule has 0 N–H and O–H groups in total. The van der Waals surface area contributed by atoms with Gasteiger partial charge >= 0.3 is 6.09 Å². The summed E-state index contributed by atoms with van der Waals surface area (Å²) in [5.74, 6) is 0.489. The Bertz CT molecular complexity index is 1390. The Labute approximate surface area is 208 Å². The fourth-order valence-electron chi connectivity index (χ4n) is 4.34. The maximum Gasteiger partial charge on any atom is 0.409 e. The van der Waals surface area contributed by atoms with Gasteiger partial charge in [0.05, 0.1) is 25.1 Å². The van der Waals surface area contributed by atoms with E-state index in [0.717, 1.165) is 16.8 Å². The van der Waals surface area contributed by atoms with E-state index in [-0.39, 0.29) is 12.0 Å². The summed E-state index contributed by atoms with van der Waals surface area (Å²) in [5, 5.41) is 4.73. The molecule has 184 valence electrons. The highest BCUT2D eigenvalue weighted by molar-refractivity contribution is 5.95. The summed E-state index contributed by atoms with van der Waals surface area (Å²) in [6, 6.07) is 21.0. The monoisotopic (exact) mass is 485 g/mol. The SMILES string of the molecule is CCOC(=O)N1CCN(C(=O)c2cc(-c3ccccc3OC)nc3cc(-c4ccccc4)nn23)CC1. The van der Waals surface area contributed by atoms with Gasteiger partial charge in [-0.25, -0.2) is 14.3 Å². The maximum absolute atomic E-state index is 13.8. The first-order chi connectivity index (χ1) is 17.6. The van der Waals surface area contributed by atoms with Crippen LogP contribution in [0.1, 0.15) is 17.4 Å². The number of amides is 2. The van der Waals surface area contributed by atoms with E-state index in [9.17, 15) is 9.59 Å². The lowest BCUT2D eigenvalue weighted by Crippen LogP contribution is -2.51. The van der Waals surface area contributed by atoms with Gasteiger partial charge in [-0.2, -0.15) is 5.10 Å². The number of carbonyl (C=O) groups is 2. The lowest BCUT2D eigenvalue weighted by Gasteiger charge is -2.34. The van der Waals surface area contributed by atoms with Crippen LogP contribution in [0.2, 0.25) is 0 Å². The van der Waals surface area contributed by atoms with Gasteiger partial charge in [0.25, 0.3) is 5.91 Å². The molecule has 0 bridgehead atoms. The zero-order valence-corrected chi connectivity index (χ0v) is 20.3. The van der Waals surface area contributed by atoms with Crippen LogP contribution in [0, 0.1) is 0 Å². The summed E-state index contributed by atoms with van der Waals surface area (Å²) < 4.78 is 12.2. The molecule has 3 heterocycles. The third kappa shape index (κ3) is 4.47. The largest absolute Gasteiger partial charge is 0.496 e. The Hall–Kier alpha value is -4.40. The molecule has 0 saturated carbocycles. The van der Waals surface area contributed by atoms with Crippen molar-refractivity contribution < 1.29 is 19.1 Å². The van der Waals surface area contributed by atoms with Crippen LogP contribution in [0.5, 0.6) is 5.75 Å². The first-order valence-electron chi connectivity index (χ1n) is 11.9. The zero-order valence-electron chi connectivity index (χ0n) is 20.3. The van der Waals surface area contributed by atoms with E-state index in [2.05, 4.69) is 0 Å². The number of hydrogen-bond acceptors (Lipinski definition) is 6. The van der Waals surface area contributed by atoms with E-state index in [0.29, 0.717) is 55.6 Å². The Morgan fingerprint density at radius 1 is 0.889 bits per heavy atom. The molecule has 0 aliphatic carbocycles. The van der Waals surface area contributed by atoms with Crippen LogP contribution in [0.15, 0.2) is 66.7 Å². The van der Waals surface area contributed by atoms with E-state index in [1.165, 1.54) is 0 Å². The van der Waals surface area contributed by atoms with Crippen molar-refractivity contribution in [3.8, 4) is 28.3 Å². The Balaban J connectivity index is 1.55. The van der Waals surface area contributed by atoms with Crippen LogP contribution in [-0.2, 0) is 4.74 Å². The number of methoxy groups -OCH3 is 1. The van der Waals surface area contributed by atoms with Crippen molar-refractivity contribution in [3.05, 3.63) is 72.4 Å². The van der Waals surface area contributed by atoms with Crippen molar-refractivity contribution in [1.29, 1.82) is 0 Å². The molecule has 36 heavy (non-hydrogen) atoms. The number of nitrogens with zero attached hydrogens (tertiary/aromatic N) is 5. The molecule has 1 fully saturated rings. The predicted octanol–water partition coefficient (Wildman–Crippen LogP) is 3.99. The average Bonchev–Trinajstić information content (AvgIpc) is 3.37. The number of rotatable bonds is 5. The fraction of sp³-hybridized carbons (Fsp3) is 0.259. The van der Waals surface area contributed by atoms with E-state index in [1.807, 2.05) is 60.7 Å². The molecule has 0 radical (unpaired) electrons. The molecule has 2 aromatic carbocycles. The minimum atomic E-state index is -0.353. The molecule has 5 rings (SSSR count). The molecule has 2 aromatic heterocycles. The second-order valence-electron chi connectivity index (χ2n) is 8.37. The quantitative estimate of drug-likeness (QED) is 0.425. The molecular weight excluding hydrogens is 458 g/mol. The summed E-state index contributed by atoms with van der Waals surface area (Å²) >= 11 is 0. The normalized spacial score (nSPS) is 13.6. The number of aromatic nitrogens is 3. The molecule has 1 aliphatic rings. The molecule has 2 amide bonds. The van der Waals surface area contributed by atoms with Crippen molar-refractivity contribution in [2.45, 2.75) is 6.92 Å². The first-order valence-corrected chi connectivity index (χ1v) is 11.9. The first kappa shape index (κ1) is 23.3. The van der Waals surface area contributed by atoms with E-state index < -0.39 is 0 Å². The zero-order chi connectivity index (χ0) is 25.1. The van der Waals surface area contributed by atoms with Gasteiger partial charge < -0.3 is 19.3 Å². The van der Waals surface area contributed by atoms with Crippen LogP contribution < -0.4 is 4.74 Å². The van der Waals surface area contributed by atoms with Gasteiger partial charge in [-0.05, 0) is 25.1 Å². The standard InChI is InChI=1S/C27H27N5O4/c1-3-36-27(34)31-15-13-30(14-16-31)26(33)23-17-22(20-11-7-8-12-24(20)35-2)28-25-18-21(29-32(23)25)19-9-5-4-6-10-19/h4-12,17-18H,3,13-16H2,1-2H3. The number of piperazine rings is 1. The summed E-state index contributed by atoms with van der Waals surface area (Å²) in [6.45, 7) is 3.72. The summed E-state index contributed by atoms with van der Waals surface area (Å²) in [5.41, 5.74) is 4.02. The topological polar surface area (TPSA) is 89.3 Å². The van der Waals surface area contributed by atoms with E-state index >= 15 is 0 Å². The molecule has 0 unspecified atom stereocenters. The molecule has 4 aromatic rings. The van der Waals surface area contributed by atoms with E-state index in [4.69, 9.17) is 19.6 Å². The third-order valence-corrected chi connectivity index (χ3v) is 6.19.